The highest BCUT2D eigenvalue weighted by Crippen LogP contribution is 2.32. The summed E-state index contributed by atoms with van der Waals surface area (Å²) in [5, 5.41) is 3.46. The highest BCUT2D eigenvalue weighted by atomic mass is 15.1. The lowest BCUT2D eigenvalue weighted by Crippen LogP contribution is -2.36. The number of aryl methyl sites for hydroxylation is 1. The first-order valence-electron chi connectivity index (χ1n) is 6.55. The van der Waals surface area contributed by atoms with Gasteiger partial charge >= 0.3 is 0 Å². The fourth-order valence-corrected chi connectivity index (χ4v) is 2.86. The molecule has 0 amide bonds. The molecule has 2 rings (SSSR count). The number of nitrogens with zero attached hydrogens (tertiary/aromatic N) is 2. The minimum absolute atomic E-state index is 0.611. The summed E-state index contributed by atoms with van der Waals surface area (Å²) in [6.07, 6.45) is 10.5. The maximum absolute atomic E-state index is 4.58. The Morgan fingerprint density at radius 3 is 3.00 bits per heavy atom. The Kier molecular flexibility index (Phi) is 3.99. The molecule has 1 aromatic rings. The second-order valence-electron chi connectivity index (χ2n) is 4.76. The van der Waals surface area contributed by atoms with Crippen LogP contribution in [-0.4, -0.2) is 22.6 Å². The first-order chi connectivity index (χ1) is 7.86. The minimum atomic E-state index is 0.611. The SMILES string of the molecule is CCCn1ccnc1C1CCCCC1NC. The van der Waals surface area contributed by atoms with Crippen molar-refractivity contribution >= 4 is 0 Å². The van der Waals surface area contributed by atoms with Crippen LogP contribution in [0.5, 0.6) is 0 Å². The van der Waals surface area contributed by atoms with Gasteiger partial charge < -0.3 is 9.88 Å². The van der Waals surface area contributed by atoms with E-state index in [4.69, 9.17) is 0 Å². The third-order valence-electron chi connectivity index (χ3n) is 3.68. The summed E-state index contributed by atoms with van der Waals surface area (Å²) in [5.74, 6) is 1.90. The molecule has 0 saturated heterocycles. The van der Waals surface area contributed by atoms with Crippen LogP contribution in [0.4, 0.5) is 0 Å². The molecule has 1 aliphatic carbocycles. The van der Waals surface area contributed by atoms with Crippen molar-refractivity contribution in [3.63, 3.8) is 0 Å². The van der Waals surface area contributed by atoms with Gasteiger partial charge in [-0.3, -0.25) is 0 Å². The Balaban J connectivity index is 2.16. The summed E-state index contributed by atoms with van der Waals surface area (Å²) in [6, 6.07) is 0.617. The van der Waals surface area contributed by atoms with E-state index in [9.17, 15) is 0 Å². The van der Waals surface area contributed by atoms with Gasteiger partial charge in [0.05, 0.1) is 0 Å². The summed E-state index contributed by atoms with van der Waals surface area (Å²) < 4.78 is 2.33. The van der Waals surface area contributed by atoms with E-state index < -0.39 is 0 Å². The molecule has 1 fully saturated rings. The monoisotopic (exact) mass is 221 g/mol. The first-order valence-corrected chi connectivity index (χ1v) is 6.55. The highest BCUT2D eigenvalue weighted by Gasteiger charge is 2.28. The Morgan fingerprint density at radius 1 is 1.44 bits per heavy atom. The molecule has 3 nitrogen and oxygen atoms in total. The first kappa shape index (κ1) is 11.6. The molecule has 1 saturated carbocycles. The van der Waals surface area contributed by atoms with Crippen LogP contribution in [0.25, 0.3) is 0 Å². The smallest absolute Gasteiger partial charge is 0.113 e. The molecular weight excluding hydrogens is 198 g/mol. The third kappa shape index (κ3) is 2.29. The number of likely N-dealkylation sites (N-methyl/N-ethyl adjacent to an activating group) is 1. The second kappa shape index (κ2) is 5.48. The largest absolute Gasteiger partial charge is 0.335 e. The average molecular weight is 221 g/mol. The van der Waals surface area contributed by atoms with Crippen LogP contribution in [0.3, 0.4) is 0 Å². The molecule has 0 aliphatic heterocycles. The van der Waals surface area contributed by atoms with Crippen LogP contribution in [0.2, 0.25) is 0 Å². The summed E-state index contributed by atoms with van der Waals surface area (Å²) >= 11 is 0. The van der Waals surface area contributed by atoms with Gasteiger partial charge in [0.1, 0.15) is 5.82 Å². The van der Waals surface area contributed by atoms with Crippen molar-refractivity contribution in [1.82, 2.24) is 14.9 Å². The highest BCUT2D eigenvalue weighted by molar-refractivity contribution is 5.06. The quantitative estimate of drug-likeness (QED) is 0.846. The lowest BCUT2D eigenvalue weighted by Gasteiger charge is -2.31. The zero-order valence-electron chi connectivity index (χ0n) is 10.4. The van der Waals surface area contributed by atoms with Crippen LogP contribution >= 0.6 is 0 Å². The Labute approximate surface area is 98.3 Å². The van der Waals surface area contributed by atoms with Crippen molar-refractivity contribution in [3.05, 3.63) is 18.2 Å². The number of rotatable bonds is 4. The molecule has 0 spiro atoms. The molecular formula is C13H23N3. The van der Waals surface area contributed by atoms with Crippen molar-refractivity contribution in [3.8, 4) is 0 Å². The summed E-state index contributed by atoms with van der Waals surface area (Å²) in [6.45, 7) is 3.32. The standard InChI is InChI=1S/C13H23N3/c1-3-9-16-10-8-15-13(16)11-6-4-5-7-12(11)14-2/h8,10-12,14H,3-7,9H2,1-2H3. The molecule has 16 heavy (non-hydrogen) atoms. The van der Waals surface area contributed by atoms with E-state index in [0.29, 0.717) is 12.0 Å². The van der Waals surface area contributed by atoms with Gasteiger partial charge in [-0.1, -0.05) is 19.8 Å². The fourth-order valence-electron chi connectivity index (χ4n) is 2.86. The molecule has 1 N–H and O–H groups in total. The van der Waals surface area contributed by atoms with E-state index >= 15 is 0 Å². The molecule has 1 aliphatic rings. The van der Waals surface area contributed by atoms with Gasteiger partial charge in [-0.25, -0.2) is 4.98 Å². The average Bonchev–Trinajstić information content (AvgIpc) is 2.77. The summed E-state index contributed by atoms with van der Waals surface area (Å²) in [5.41, 5.74) is 0. The van der Waals surface area contributed by atoms with Crippen molar-refractivity contribution < 1.29 is 0 Å². The van der Waals surface area contributed by atoms with E-state index in [1.165, 1.54) is 37.9 Å². The van der Waals surface area contributed by atoms with Gasteiger partial charge in [-0.15, -0.1) is 0 Å². The van der Waals surface area contributed by atoms with Gasteiger partial charge in [-0.05, 0) is 26.3 Å². The van der Waals surface area contributed by atoms with Gasteiger partial charge in [-0.2, -0.15) is 0 Å². The zero-order chi connectivity index (χ0) is 11.4. The molecule has 2 atom stereocenters. The van der Waals surface area contributed by atoms with Gasteiger partial charge in [0, 0.05) is 30.9 Å². The third-order valence-corrected chi connectivity index (χ3v) is 3.68. The second-order valence-corrected chi connectivity index (χ2v) is 4.76. The van der Waals surface area contributed by atoms with E-state index in [-0.39, 0.29) is 0 Å². The molecule has 2 unspecified atom stereocenters. The lowest BCUT2D eigenvalue weighted by molar-refractivity contribution is 0.326. The minimum Gasteiger partial charge on any atom is -0.335 e. The number of aromatic nitrogens is 2. The number of hydrogen-bond acceptors (Lipinski definition) is 2. The molecule has 0 aromatic carbocycles. The summed E-state index contributed by atoms with van der Waals surface area (Å²) in [4.78, 5) is 4.58. The van der Waals surface area contributed by atoms with Crippen molar-refractivity contribution in [2.75, 3.05) is 7.05 Å². The van der Waals surface area contributed by atoms with Crippen LogP contribution in [0.1, 0.15) is 50.8 Å². The molecule has 90 valence electrons. The van der Waals surface area contributed by atoms with Crippen molar-refractivity contribution in [1.29, 1.82) is 0 Å². The van der Waals surface area contributed by atoms with Crippen molar-refractivity contribution in [2.45, 2.75) is 57.5 Å². The molecule has 1 aromatic heterocycles. The van der Waals surface area contributed by atoms with Gasteiger partial charge in [0.2, 0.25) is 0 Å². The van der Waals surface area contributed by atoms with Crippen LogP contribution < -0.4 is 5.32 Å². The predicted octanol–water partition coefficient (Wildman–Crippen LogP) is 2.54. The van der Waals surface area contributed by atoms with E-state index in [1.807, 2.05) is 6.20 Å². The van der Waals surface area contributed by atoms with E-state index in [0.717, 1.165) is 6.54 Å². The zero-order valence-corrected chi connectivity index (χ0v) is 10.4. The van der Waals surface area contributed by atoms with Crippen LogP contribution in [0, 0.1) is 0 Å². The molecule has 1 heterocycles. The van der Waals surface area contributed by atoms with Gasteiger partial charge in [0.15, 0.2) is 0 Å². The number of imidazole rings is 1. The molecule has 0 radical (unpaired) electrons. The van der Waals surface area contributed by atoms with E-state index in [2.05, 4.69) is 35.0 Å². The summed E-state index contributed by atoms with van der Waals surface area (Å²) in [7, 11) is 2.08. The Morgan fingerprint density at radius 2 is 2.25 bits per heavy atom. The predicted molar refractivity (Wildman–Crippen MR) is 66.6 cm³/mol. The topological polar surface area (TPSA) is 29.9 Å². The number of hydrogen-bond donors (Lipinski definition) is 1. The normalized spacial score (nSPS) is 25.9. The maximum Gasteiger partial charge on any atom is 0.113 e. The Hall–Kier alpha value is -0.830. The van der Waals surface area contributed by atoms with Crippen LogP contribution in [0.15, 0.2) is 12.4 Å². The lowest BCUT2D eigenvalue weighted by atomic mass is 9.84. The molecule has 0 bridgehead atoms. The Bertz CT molecular complexity index is 319. The number of nitrogens with one attached hydrogen (secondary N) is 1. The van der Waals surface area contributed by atoms with Crippen LogP contribution in [-0.2, 0) is 6.54 Å². The van der Waals surface area contributed by atoms with Crippen molar-refractivity contribution in [2.24, 2.45) is 0 Å². The maximum atomic E-state index is 4.58. The molecule has 3 heteroatoms. The van der Waals surface area contributed by atoms with E-state index in [1.54, 1.807) is 0 Å². The van der Waals surface area contributed by atoms with Gasteiger partial charge in [0.25, 0.3) is 0 Å². The fraction of sp³-hybridized carbons (Fsp3) is 0.769.